The van der Waals surface area contributed by atoms with E-state index in [-0.39, 0.29) is 5.91 Å². The molecule has 0 spiro atoms. The minimum atomic E-state index is 0.246. The maximum absolute atomic E-state index is 12.3. The summed E-state index contributed by atoms with van der Waals surface area (Å²) in [7, 11) is 0. The van der Waals surface area contributed by atoms with Gasteiger partial charge in [-0.15, -0.1) is 0 Å². The number of carbonyl (C=O) groups excluding carboxylic acids is 1. The van der Waals surface area contributed by atoms with Crippen LogP contribution in [0.2, 0.25) is 5.02 Å². The lowest BCUT2D eigenvalue weighted by atomic mass is 9.96. The van der Waals surface area contributed by atoms with E-state index in [1.807, 2.05) is 29.2 Å². The van der Waals surface area contributed by atoms with Gasteiger partial charge < -0.3 is 4.90 Å². The zero-order chi connectivity index (χ0) is 16.2. The van der Waals surface area contributed by atoms with Gasteiger partial charge >= 0.3 is 0 Å². The normalized spacial score (nSPS) is 16.8. The van der Waals surface area contributed by atoms with Crippen LogP contribution in [-0.4, -0.2) is 48.4 Å². The summed E-state index contributed by atoms with van der Waals surface area (Å²) in [4.78, 5) is 16.8. The van der Waals surface area contributed by atoms with Gasteiger partial charge in [-0.1, -0.05) is 50.6 Å². The first-order chi connectivity index (χ1) is 10.3. The largest absolute Gasteiger partial charge is 0.340 e. The Kier molecular flexibility index (Phi) is 5.87. The van der Waals surface area contributed by atoms with E-state index < -0.39 is 0 Å². The number of benzene rings is 1. The predicted molar refractivity (Wildman–Crippen MR) is 92.2 cm³/mol. The topological polar surface area (TPSA) is 23.6 Å². The Morgan fingerprint density at radius 2 is 1.77 bits per heavy atom. The van der Waals surface area contributed by atoms with Crippen molar-refractivity contribution in [2.75, 3.05) is 32.7 Å². The van der Waals surface area contributed by atoms with Crippen LogP contribution in [0.5, 0.6) is 0 Å². The van der Waals surface area contributed by atoms with Gasteiger partial charge in [0.25, 0.3) is 0 Å². The van der Waals surface area contributed by atoms with Gasteiger partial charge in [0.1, 0.15) is 0 Å². The lowest BCUT2D eigenvalue weighted by Gasteiger charge is -2.37. The highest BCUT2D eigenvalue weighted by Gasteiger charge is 2.23. The fraction of sp³-hybridized carbons (Fsp3) is 0.611. The van der Waals surface area contributed by atoms with Crippen molar-refractivity contribution in [1.82, 2.24) is 9.80 Å². The summed E-state index contributed by atoms with van der Waals surface area (Å²) in [6, 6.07) is 7.77. The van der Waals surface area contributed by atoms with Gasteiger partial charge in [0.2, 0.25) is 5.91 Å². The average molecular weight is 323 g/mol. The van der Waals surface area contributed by atoms with Crippen LogP contribution in [0.15, 0.2) is 24.3 Å². The van der Waals surface area contributed by atoms with Gasteiger partial charge in [0.15, 0.2) is 0 Å². The summed E-state index contributed by atoms with van der Waals surface area (Å²) in [5.74, 6) is 0.246. The van der Waals surface area contributed by atoms with Gasteiger partial charge in [-0.05, 0) is 23.5 Å². The van der Waals surface area contributed by atoms with E-state index in [4.69, 9.17) is 11.6 Å². The molecule has 1 heterocycles. The smallest absolute Gasteiger partial charge is 0.222 e. The van der Waals surface area contributed by atoms with Crippen molar-refractivity contribution in [2.24, 2.45) is 5.41 Å². The Morgan fingerprint density at radius 1 is 1.14 bits per heavy atom. The number of carbonyl (C=O) groups is 1. The molecule has 22 heavy (non-hydrogen) atoms. The second kappa shape index (κ2) is 7.47. The fourth-order valence-electron chi connectivity index (χ4n) is 2.93. The molecule has 0 unspecified atom stereocenters. The zero-order valence-electron chi connectivity index (χ0n) is 13.9. The van der Waals surface area contributed by atoms with Gasteiger partial charge in [-0.25, -0.2) is 0 Å². The van der Waals surface area contributed by atoms with Gasteiger partial charge in [-0.3, -0.25) is 9.69 Å². The maximum atomic E-state index is 12.3. The molecule has 1 aromatic carbocycles. The molecule has 1 aliphatic rings. The summed E-state index contributed by atoms with van der Waals surface area (Å²) in [6.45, 7) is 11.5. The quantitative estimate of drug-likeness (QED) is 0.847. The van der Waals surface area contributed by atoms with Crippen molar-refractivity contribution in [2.45, 2.75) is 33.6 Å². The number of rotatable bonds is 4. The Morgan fingerprint density at radius 3 is 2.36 bits per heavy atom. The van der Waals surface area contributed by atoms with Crippen molar-refractivity contribution in [1.29, 1.82) is 0 Å². The highest BCUT2D eigenvalue weighted by molar-refractivity contribution is 6.31. The van der Waals surface area contributed by atoms with Crippen molar-refractivity contribution < 1.29 is 4.79 Å². The van der Waals surface area contributed by atoms with Gasteiger partial charge in [-0.2, -0.15) is 0 Å². The maximum Gasteiger partial charge on any atom is 0.222 e. The summed E-state index contributed by atoms with van der Waals surface area (Å²) >= 11 is 6.14. The number of piperazine rings is 1. The molecule has 0 saturated carbocycles. The van der Waals surface area contributed by atoms with Crippen LogP contribution in [0, 0.1) is 5.41 Å². The highest BCUT2D eigenvalue weighted by atomic mass is 35.5. The molecule has 1 fully saturated rings. The fourth-order valence-corrected chi connectivity index (χ4v) is 3.16. The van der Waals surface area contributed by atoms with Crippen LogP contribution in [0.3, 0.4) is 0 Å². The number of aryl methyl sites for hydroxylation is 1. The van der Waals surface area contributed by atoms with Crippen LogP contribution >= 0.6 is 11.6 Å². The van der Waals surface area contributed by atoms with E-state index in [0.717, 1.165) is 49.7 Å². The van der Waals surface area contributed by atoms with E-state index in [1.165, 1.54) is 0 Å². The number of halogens is 1. The summed E-state index contributed by atoms with van der Waals surface area (Å²) in [5.41, 5.74) is 1.37. The van der Waals surface area contributed by atoms with Crippen LogP contribution in [0.1, 0.15) is 32.8 Å². The average Bonchev–Trinajstić information content (AvgIpc) is 2.45. The molecule has 0 aliphatic carbocycles. The molecule has 2 rings (SSSR count). The van der Waals surface area contributed by atoms with E-state index in [1.54, 1.807) is 0 Å². The van der Waals surface area contributed by atoms with Crippen LogP contribution < -0.4 is 0 Å². The first-order valence-corrected chi connectivity index (χ1v) is 8.46. The third-order valence-corrected chi connectivity index (χ3v) is 4.36. The Bertz CT molecular complexity index is 502. The third kappa shape index (κ3) is 5.29. The van der Waals surface area contributed by atoms with Crippen molar-refractivity contribution in [3.8, 4) is 0 Å². The molecule has 4 heteroatoms. The second-order valence-electron chi connectivity index (χ2n) is 7.31. The molecule has 1 amide bonds. The first kappa shape index (κ1) is 17.3. The lowest BCUT2D eigenvalue weighted by Crippen LogP contribution is -2.50. The van der Waals surface area contributed by atoms with Gasteiger partial charge in [0, 0.05) is 44.2 Å². The predicted octanol–water partition coefficient (Wildman–Crippen LogP) is 3.46. The molecule has 0 bridgehead atoms. The summed E-state index contributed by atoms with van der Waals surface area (Å²) < 4.78 is 0. The van der Waals surface area contributed by atoms with Gasteiger partial charge in [0.05, 0.1) is 0 Å². The van der Waals surface area contributed by atoms with Crippen molar-refractivity contribution >= 4 is 17.5 Å². The van der Waals surface area contributed by atoms with Crippen molar-refractivity contribution in [3.63, 3.8) is 0 Å². The molecule has 0 radical (unpaired) electrons. The molecule has 0 atom stereocenters. The Labute approximate surface area is 139 Å². The van der Waals surface area contributed by atoms with Crippen molar-refractivity contribution in [3.05, 3.63) is 34.9 Å². The lowest BCUT2D eigenvalue weighted by molar-refractivity contribution is -0.133. The molecular weight excluding hydrogens is 296 g/mol. The highest BCUT2D eigenvalue weighted by Crippen LogP contribution is 2.18. The van der Waals surface area contributed by atoms with Crippen LogP contribution in [0.4, 0.5) is 0 Å². The minimum absolute atomic E-state index is 0.246. The molecule has 0 N–H and O–H groups in total. The van der Waals surface area contributed by atoms with E-state index in [0.29, 0.717) is 11.8 Å². The molecular formula is C18H27ClN2O. The van der Waals surface area contributed by atoms with E-state index in [2.05, 4.69) is 25.7 Å². The summed E-state index contributed by atoms with van der Waals surface area (Å²) in [6.07, 6.45) is 1.27. The summed E-state index contributed by atoms with van der Waals surface area (Å²) in [5, 5.41) is 0.755. The molecule has 1 aliphatic heterocycles. The number of amides is 1. The molecule has 3 nitrogen and oxygen atoms in total. The number of hydrogen-bond acceptors (Lipinski definition) is 2. The molecule has 1 aromatic rings. The molecule has 122 valence electrons. The second-order valence-corrected chi connectivity index (χ2v) is 7.72. The monoisotopic (exact) mass is 322 g/mol. The standard InChI is InChI=1S/C18H27ClN2O/c1-18(2,3)14-20-10-12-21(13-11-20)17(22)9-8-15-6-4-5-7-16(15)19/h4-7H,8-14H2,1-3H3. The zero-order valence-corrected chi connectivity index (χ0v) is 14.7. The van der Waals surface area contributed by atoms with E-state index in [9.17, 15) is 4.79 Å². The number of nitrogens with zero attached hydrogens (tertiary/aromatic N) is 2. The minimum Gasteiger partial charge on any atom is -0.340 e. The number of hydrogen-bond donors (Lipinski definition) is 0. The van der Waals surface area contributed by atoms with Crippen LogP contribution in [0.25, 0.3) is 0 Å². The Hall–Kier alpha value is -1.06. The molecule has 0 aromatic heterocycles. The molecule has 1 saturated heterocycles. The SMILES string of the molecule is CC(C)(C)CN1CCN(C(=O)CCc2ccccc2Cl)CC1. The Balaban J connectivity index is 1.77. The first-order valence-electron chi connectivity index (χ1n) is 8.09. The third-order valence-electron chi connectivity index (χ3n) is 3.99. The van der Waals surface area contributed by atoms with Crippen LogP contribution in [-0.2, 0) is 11.2 Å². The van der Waals surface area contributed by atoms with E-state index >= 15 is 0 Å².